The highest BCUT2D eigenvalue weighted by atomic mass is 16.4. The maximum absolute atomic E-state index is 13.6. The lowest BCUT2D eigenvalue weighted by atomic mass is 10.0. The Hall–Kier alpha value is -3.53. The van der Waals surface area contributed by atoms with Gasteiger partial charge in [0.25, 0.3) is 11.5 Å². The molecule has 0 radical (unpaired) electrons. The lowest BCUT2D eigenvalue weighted by Crippen LogP contribution is -2.45. The Morgan fingerprint density at radius 1 is 1.11 bits per heavy atom. The van der Waals surface area contributed by atoms with Crippen LogP contribution in [0.2, 0.25) is 0 Å². The second-order valence-corrected chi connectivity index (χ2v) is 10.5. The molecule has 2 aliphatic rings. The average molecular weight is 525 g/mol. The van der Waals surface area contributed by atoms with E-state index in [-0.39, 0.29) is 24.1 Å². The van der Waals surface area contributed by atoms with Crippen molar-refractivity contribution in [1.82, 2.24) is 20.1 Å². The first kappa shape index (κ1) is 27.5. The van der Waals surface area contributed by atoms with Crippen LogP contribution in [-0.4, -0.2) is 90.8 Å². The molecule has 0 saturated carbocycles. The molecule has 4 rings (SSSR count). The van der Waals surface area contributed by atoms with E-state index < -0.39 is 6.09 Å². The van der Waals surface area contributed by atoms with Crippen molar-refractivity contribution >= 4 is 23.4 Å². The van der Waals surface area contributed by atoms with Crippen molar-refractivity contribution in [3.05, 3.63) is 56.5 Å². The summed E-state index contributed by atoms with van der Waals surface area (Å²) < 4.78 is 0. The number of likely N-dealkylation sites (N-methyl/N-ethyl adjacent to an activating group) is 2. The second kappa shape index (κ2) is 11.5. The number of aryl methyl sites for hydroxylation is 2. The van der Waals surface area contributed by atoms with Gasteiger partial charge in [-0.3, -0.25) is 9.59 Å². The van der Waals surface area contributed by atoms with Gasteiger partial charge in [0.1, 0.15) is 0 Å². The first-order chi connectivity index (χ1) is 18.1. The zero-order valence-corrected chi connectivity index (χ0v) is 23.1. The number of H-pyrrole nitrogens is 1. The summed E-state index contributed by atoms with van der Waals surface area (Å²) in [5, 5.41) is 12.5. The monoisotopic (exact) mass is 524 g/mol. The van der Waals surface area contributed by atoms with Crippen LogP contribution in [0.5, 0.6) is 0 Å². The number of carboxylic acid groups (broad SMARTS) is 1. The van der Waals surface area contributed by atoms with E-state index in [1.807, 2.05) is 32.9 Å². The van der Waals surface area contributed by atoms with Gasteiger partial charge in [-0.25, -0.2) is 4.79 Å². The number of likely N-dealkylation sites (tertiary alicyclic amines) is 1. The Balaban J connectivity index is 1.67. The number of amides is 2. The van der Waals surface area contributed by atoms with Gasteiger partial charge in [-0.2, -0.15) is 0 Å². The molecule has 2 saturated heterocycles. The van der Waals surface area contributed by atoms with Gasteiger partial charge in [0.15, 0.2) is 0 Å². The van der Waals surface area contributed by atoms with Gasteiger partial charge in [-0.1, -0.05) is 0 Å². The Morgan fingerprint density at radius 2 is 1.82 bits per heavy atom. The summed E-state index contributed by atoms with van der Waals surface area (Å²) in [6.45, 7) is 13.1. The van der Waals surface area contributed by atoms with Crippen molar-refractivity contribution in [3.8, 4) is 0 Å². The molecule has 1 aromatic heterocycles. The van der Waals surface area contributed by atoms with E-state index in [1.54, 1.807) is 0 Å². The van der Waals surface area contributed by atoms with Crippen LogP contribution in [0.4, 0.5) is 16.2 Å². The quantitative estimate of drug-likeness (QED) is 0.510. The van der Waals surface area contributed by atoms with Gasteiger partial charge in [0, 0.05) is 86.6 Å². The Morgan fingerprint density at radius 3 is 2.42 bits per heavy atom. The number of benzene rings is 1. The zero-order chi connectivity index (χ0) is 27.6. The Bertz CT molecular complexity index is 1250. The summed E-state index contributed by atoms with van der Waals surface area (Å²) >= 11 is 0. The molecule has 10 heteroatoms. The molecule has 2 fully saturated rings. The highest BCUT2D eigenvalue weighted by molar-refractivity contribution is 5.98. The summed E-state index contributed by atoms with van der Waals surface area (Å²) in [4.78, 5) is 48.8. The van der Waals surface area contributed by atoms with Crippen LogP contribution >= 0.6 is 0 Å². The number of piperazine rings is 1. The summed E-state index contributed by atoms with van der Waals surface area (Å²) in [6, 6.07) is 6.06. The van der Waals surface area contributed by atoms with Crippen LogP contribution in [0, 0.1) is 20.8 Å². The molecule has 0 spiro atoms. The van der Waals surface area contributed by atoms with Crippen LogP contribution in [0.3, 0.4) is 0 Å². The van der Waals surface area contributed by atoms with Gasteiger partial charge in [-0.05, 0) is 70.5 Å². The molecule has 3 N–H and O–H groups in total. The third-order valence-corrected chi connectivity index (χ3v) is 7.92. The van der Waals surface area contributed by atoms with Crippen LogP contribution in [0.15, 0.2) is 23.0 Å². The number of nitrogens with zero attached hydrogens (tertiary/aromatic N) is 4. The largest absolute Gasteiger partial charge is 0.465 e. The third-order valence-electron chi connectivity index (χ3n) is 7.92. The van der Waals surface area contributed by atoms with Crippen LogP contribution in [0.25, 0.3) is 0 Å². The number of carbonyl (C=O) groups is 2. The molecule has 2 aromatic rings. The van der Waals surface area contributed by atoms with E-state index in [1.165, 1.54) is 4.90 Å². The van der Waals surface area contributed by atoms with Gasteiger partial charge in [0.2, 0.25) is 0 Å². The van der Waals surface area contributed by atoms with E-state index in [0.717, 1.165) is 60.8 Å². The Labute approximate surface area is 224 Å². The van der Waals surface area contributed by atoms with Gasteiger partial charge in [0.05, 0.1) is 0 Å². The average Bonchev–Trinajstić information content (AvgIpc) is 3.35. The molecule has 206 valence electrons. The summed E-state index contributed by atoms with van der Waals surface area (Å²) in [6.07, 6.45) is -0.150. The van der Waals surface area contributed by atoms with E-state index in [4.69, 9.17) is 0 Å². The fourth-order valence-electron chi connectivity index (χ4n) is 5.63. The van der Waals surface area contributed by atoms with E-state index in [0.29, 0.717) is 30.8 Å². The standard InChI is InChI=1S/C28H40N6O4/c1-6-34(21-7-8-33(17-21)28(37)38)25-15-22(32-11-9-31(5)10-12-32)14-23(20(25)4)26(35)29-16-24-18(2)13-19(3)30-27(24)36/h13-15,21H,6-12,16-17H2,1-5H3,(H,29,35)(H,30,36)(H,37,38). The first-order valence-electron chi connectivity index (χ1n) is 13.4. The molecule has 38 heavy (non-hydrogen) atoms. The summed E-state index contributed by atoms with van der Waals surface area (Å²) in [5.74, 6) is -0.228. The molecule has 0 aliphatic carbocycles. The normalized spacial score (nSPS) is 18.1. The molecule has 0 bridgehead atoms. The zero-order valence-electron chi connectivity index (χ0n) is 23.1. The van der Waals surface area contributed by atoms with Crippen molar-refractivity contribution in [3.63, 3.8) is 0 Å². The lowest BCUT2D eigenvalue weighted by molar-refractivity contribution is 0.0950. The van der Waals surface area contributed by atoms with Gasteiger partial charge < -0.3 is 35.0 Å². The van der Waals surface area contributed by atoms with Crippen LogP contribution in [-0.2, 0) is 6.54 Å². The first-order valence-corrected chi connectivity index (χ1v) is 13.4. The number of anilines is 2. The molecule has 10 nitrogen and oxygen atoms in total. The number of rotatable bonds is 7. The predicted molar refractivity (Wildman–Crippen MR) is 150 cm³/mol. The van der Waals surface area contributed by atoms with E-state index in [9.17, 15) is 19.5 Å². The number of carbonyl (C=O) groups excluding carboxylic acids is 1. The number of pyridine rings is 1. The SMILES string of the molecule is CCN(c1cc(N2CCN(C)CC2)cc(C(=O)NCc2c(C)cc(C)[nH]c2=O)c1C)C1CCN(C(=O)O)C1. The van der Waals surface area contributed by atoms with Crippen LogP contribution < -0.4 is 20.7 Å². The van der Waals surface area contributed by atoms with Crippen molar-refractivity contribution in [2.24, 2.45) is 0 Å². The highest BCUT2D eigenvalue weighted by Crippen LogP contribution is 2.33. The molecule has 3 heterocycles. The number of hydrogen-bond acceptors (Lipinski definition) is 6. The molecule has 2 amide bonds. The minimum Gasteiger partial charge on any atom is -0.465 e. The molecular weight excluding hydrogens is 484 g/mol. The lowest BCUT2D eigenvalue weighted by Gasteiger charge is -2.37. The summed E-state index contributed by atoms with van der Waals surface area (Å²) in [5.41, 5.74) is 5.36. The third kappa shape index (κ3) is 5.80. The van der Waals surface area contributed by atoms with Crippen LogP contribution in [0.1, 0.15) is 46.1 Å². The second-order valence-electron chi connectivity index (χ2n) is 10.5. The molecular formula is C28H40N6O4. The van der Waals surface area contributed by atoms with E-state index in [2.05, 4.69) is 45.0 Å². The van der Waals surface area contributed by atoms with Crippen molar-refractivity contribution in [1.29, 1.82) is 0 Å². The fraction of sp³-hybridized carbons (Fsp3) is 0.536. The van der Waals surface area contributed by atoms with E-state index >= 15 is 0 Å². The minimum absolute atomic E-state index is 0.0437. The smallest absolute Gasteiger partial charge is 0.407 e. The van der Waals surface area contributed by atoms with Gasteiger partial charge in [-0.15, -0.1) is 0 Å². The van der Waals surface area contributed by atoms with Crippen molar-refractivity contribution < 1.29 is 14.7 Å². The molecule has 1 atom stereocenters. The highest BCUT2D eigenvalue weighted by Gasteiger charge is 2.32. The van der Waals surface area contributed by atoms with Crippen molar-refractivity contribution in [2.45, 2.75) is 46.7 Å². The fourth-order valence-corrected chi connectivity index (χ4v) is 5.63. The maximum Gasteiger partial charge on any atom is 0.407 e. The number of nitrogens with one attached hydrogen (secondary N) is 2. The number of hydrogen-bond donors (Lipinski definition) is 3. The number of aromatic nitrogens is 1. The predicted octanol–water partition coefficient (Wildman–Crippen LogP) is 2.56. The van der Waals surface area contributed by atoms with Gasteiger partial charge >= 0.3 is 6.09 Å². The van der Waals surface area contributed by atoms with Crippen molar-refractivity contribution in [2.75, 3.05) is 62.7 Å². The molecule has 2 aliphatic heterocycles. The summed E-state index contributed by atoms with van der Waals surface area (Å²) in [7, 11) is 2.11. The topological polar surface area (TPSA) is 112 Å². The number of aromatic amines is 1. The maximum atomic E-state index is 13.6. The minimum atomic E-state index is -0.895. The molecule has 1 aromatic carbocycles. The molecule has 1 unspecified atom stereocenters. The Kier molecular flexibility index (Phi) is 8.30.